The van der Waals surface area contributed by atoms with E-state index in [1.54, 1.807) is 0 Å². The van der Waals surface area contributed by atoms with Crippen molar-refractivity contribution in [3.63, 3.8) is 0 Å². The highest BCUT2D eigenvalue weighted by atomic mass is 79.9. The number of unbranched alkanes of at least 4 members (excludes halogenated alkanes) is 2. The molecule has 0 radical (unpaired) electrons. The molecule has 0 aromatic rings. The molecule has 0 amide bonds. The third-order valence-corrected chi connectivity index (χ3v) is 3.08. The molecule has 0 bridgehead atoms. The van der Waals surface area contributed by atoms with Crippen molar-refractivity contribution in [1.82, 2.24) is 0 Å². The van der Waals surface area contributed by atoms with Crippen LogP contribution < -0.4 is 0 Å². The van der Waals surface area contributed by atoms with Gasteiger partial charge >= 0.3 is 0 Å². The molecule has 0 spiro atoms. The molecule has 0 aliphatic rings. The van der Waals surface area contributed by atoms with Gasteiger partial charge in [-0.3, -0.25) is 0 Å². The summed E-state index contributed by atoms with van der Waals surface area (Å²) in [7, 11) is 0. The molecule has 0 N–H and O–H groups in total. The van der Waals surface area contributed by atoms with Crippen molar-refractivity contribution >= 4 is 15.9 Å². The van der Waals surface area contributed by atoms with Gasteiger partial charge in [0.1, 0.15) is 0 Å². The van der Waals surface area contributed by atoms with Crippen LogP contribution in [0.15, 0.2) is 0 Å². The first kappa shape index (κ1) is 13.4. The molecule has 0 saturated heterocycles. The minimum Gasteiger partial charge on any atom is -0.381 e. The van der Waals surface area contributed by atoms with Gasteiger partial charge in [-0.1, -0.05) is 49.0 Å². The summed E-state index contributed by atoms with van der Waals surface area (Å²) in [4.78, 5) is 0. The SMILES string of the molecule is CCCCCOCC(CBr)CCC. The Labute approximate surface area is 91.4 Å². The molecule has 2 heteroatoms. The van der Waals surface area contributed by atoms with E-state index in [1.807, 2.05) is 0 Å². The minimum atomic E-state index is 0.714. The van der Waals surface area contributed by atoms with Crippen LogP contribution >= 0.6 is 15.9 Å². The molecular weight excluding hydrogens is 228 g/mol. The summed E-state index contributed by atoms with van der Waals surface area (Å²) in [5.74, 6) is 0.714. The number of ether oxygens (including phenoxy) is 1. The predicted molar refractivity (Wildman–Crippen MR) is 62.5 cm³/mol. The number of alkyl halides is 1. The summed E-state index contributed by atoms with van der Waals surface area (Å²) < 4.78 is 5.61. The molecule has 13 heavy (non-hydrogen) atoms. The third-order valence-electron chi connectivity index (χ3n) is 2.16. The Morgan fingerprint density at radius 2 is 1.92 bits per heavy atom. The average Bonchev–Trinajstić information content (AvgIpc) is 2.16. The zero-order valence-electron chi connectivity index (χ0n) is 9.02. The van der Waals surface area contributed by atoms with Crippen molar-refractivity contribution in [1.29, 1.82) is 0 Å². The molecule has 1 atom stereocenters. The highest BCUT2D eigenvalue weighted by molar-refractivity contribution is 9.09. The van der Waals surface area contributed by atoms with Crippen molar-refractivity contribution in [3.8, 4) is 0 Å². The van der Waals surface area contributed by atoms with Crippen LogP contribution in [0.1, 0.15) is 46.0 Å². The van der Waals surface area contributed by atoms with Crippen LogP contribution in [-0.4, -0.2) is 18.5 Å². The fourth-order valence-corrected chi connectivity index (χ4v) is 1.83. The molecule has 0 saturated carbocycles. The highest BCUT2D eigenvalue weighted by Crippen LogP contribution is 2.10. The third kappa shape index (κ3) is 8.76. The van der Waals surface area contributed by atoms with E-state index < -0.39 is 0 Å². The second-order valence-electron chi connectivity index (χ2n) is 3.59. The zero-order chi connectivity index (χ0) is 9.94. The van der Waals surface area contributed by atoms with Gasteiger partial charge in [-0.15, -0.1) is 0 Å². The maximum atomic E-state index is 5.61. The Bertz CT molecular complexity index is 96.1. The monoisotopic (exact) mass is 250 g/mol. The topological polar surface area (TPSA) is 9.23 Å². The van der Waals surface area contributed by atoms with E-state index in [-0.39, 0.29) is 0 Å². The zero-order valence-corrected chi connectivity index (χ0v) is 10.6. The van der Waals surface area contributed by atoms with E-state index in [0.29, 0.717) is 5.92 Å². The Hall–Kier alpha value is 0.440. The van der Waals surface area contributed by atoms with Crippen LogP contribution in [0, 0.1) is 5.92 Å². The summed E-state index contributed by atoms with van der Waals surface area (Å²) in [6, 6.07) is 0. The summed E-state index contributed by atoms with van der Waals surface area (Å²) in [5, 5.41) is 1.08. The summed E-state index contributed by atoms with van der Waals surface area (Å²) in [6.07, 6.45) is 6.33. The van der Waals surface area contributed by atoms with E-state index in [1.165, 1.54) is 32.1 Å². The second-order valence-corrected chi connectivity index (χ2v) is 4.24. The smallest absolute Gasteiger partial charge is 0.0502 e. The van der Waals surface area contributed by atoms with E-state index in [0.717, 1.165) is 18.5 Å². The van der Waals surface area contributed by atoms with Gasteiger partial charge in [0.15, 0.2) is 0 Å². The number of halogens is 1. The van der Waals surface area contributed by atoms with Crippen molar-refractivity contribution in [3.05, 3.63) is 0 Å². The van der Waals surface area contributed by atoms with Crippen LogP contribution in [-0.2, 0) is 4.74 Å². The molecule has 0 aliphatic carbocycles. The maximum absolute atomic E-state index is 5.61. The molecule has 0 fully saturated rings. The lowest BCUT2D eigenvalue weighted by Crippen LogP contribution is -2.11. The molecule has 0 aliphatic heterocycles. The van der Waals surface area contributed by atoms with E-state index in [9.17, 15) is 0 Å². The summed E-state index contributed by atoms with van der Waals surface area (Å²) in [6.45, 7) is 6.33. The normalized spacial score (nSPS) is 13.2. The molecule has 0 heterocycles. The van der Waals surface area contributed by atoms with Gasteiger partial charge < -0.3 is 4.74 Å². The van der Waals surface area contributed by atoms with Gasteiger partial charge in [-0.25, -0.2) is 0 Å². The Kier molecular flexibility index (Phi) is 10.9. The van der Waals surface area contributed by atoms with Crippen LogP contribution in [0.5, 0.6) is 0 Å². The van der Waals surface area contributed by atoms with Crippen molar-refractivity contribution in [2.45, 2.75) is 46.0 Å². The average molecular weight is 251 g/mol. The van der Waals surface area contributed by atoms with E-state index in [2.05, 4.69) is 29.8 Å². The number of hydrogen-bond donors (Lipinski definition) is 0. The minimum absolute atomic E-state index is 0.714. The molecular formula is C11H23BrO. The molecule has 0 rings (SSSR count). The maximum Gasteiger partial charge on any atom is 0.0502 e. The summed E-state index contributed by atoms with van der Waals surface area (Å²) in [5.41, 5.74) is 0. The lowest BCUT2D eigenvalue weighted by molar-refractivity contribution is 0.100. The largest absolute Gasteiger partial charge is 0.381 e. The van der Waals surface area contributed by atoms with Crippen molar-refractivity contribution in [2.75, 3.05) is 18.5 Å². The van der Waals surface area contributed by atoms with Gasteiger partial charge in [-0.2, -0.15) is 0 Å². The number of rotatable bonds is 9. The van der Waals surface area contributed by atoms with Crippen molar-refractivity contribution < 1.29 is 4.74 Å². The van der Waals surface area contributed by atoms with E-state index >= 15 is 0 Å². The molecule has 0 aromatic carbocycles. The fraction of sp³-hybridized carbons (Fsp3) is 1.00. The van der Waals surface area contributed by atoms with E-state index in [4.69, 9.17) is 4.74 Å². The van der Waals surface area contributed by atoms with Gasteiger partial charge in [0, 0.05) is 11.9 Å². The molecule has 1 unspecified atom stereocenters. The standard InChI is InChI=1S/C11H23BrO/c1-3-5-6-8-13-10-11(9-12)7-4-2/h11H,3-10H2,1-2H3. The summed E-state index contributed by atoms with van der Waals surface area (Å²) >= 11 is 3.52. The van der Waals surface area contributed by atoms with Crippen molar-refractivity contribution in [2.24, 2.45) is 5.92 Å². The van der Waals surface area contributed by atoms with Crippen LogP contribution in [0.4, 0.5) is 0 Å². The van der Waals surface area contributed by atoms with Gasteiger partial charge in [-0.05, 0) is 18.8 Å². The Morgan fingerprint density at radius 3 is 2.46 bits per heavy atom. The predicted octanol–water partition coefficient (Wildman–Crippen LogP) is 4.00. The molecule has 1 nitrogen and oxygen atoms in total. The first-order valence-electron chi connectivity index (χ1n) is 5.48. The lowest BCUT2D eigenvalue weighted by Gasteiger charge is -2.12. The van der Waals surface area contributed by atoms with Gasteiger partial charge in [0.05, 0.1) is 6.61 Å². The molecule has 80 valence electrons. The van der Waals surface area contributed by atoms with Crippen LogP contribution in [0.2, 0.25) is 0 Å². The Morgan fingerprint density at radius 1 is 1.15 bits per heavy atom. The van der Waals surface area contributed by atoms with Crippen LogP contribution in [0.3, 0.4) is 0 Å². The Balaban J connectivity index is 3.17. The first-order valence-corrected chi connectivity index (χ1v) is 6.61. The number of hydrogen-bond acceptors (Lipinski definition) is 1. The lowest BCUT2D eigenvalue weighted by atomic mass is 10.1. The highest BCUT2D eigenvalue weighted by Gasteiger charge is 2.05. The first-order chi connectivity index (χ1) is 6.35. The second kappa shape index (κ2) is 10.5. The van der Waals surface area contributed by atoms with Gasteiger partial charge in [0.25, 0.3) is 0 Å². The van der Waals surface area contributed by atoms with Gasteiger partial charge in [0.2, 0.25) is 0 Å². The molecule has 0 aromatic heterocycles. The fourth-order valence-electron chi connectivity index (χ4n) is 1.32. The van der Waals surface area contributed by atoms with Crippen LogP contribution in [0.25, 0.3) is 0 Å². The quantitative estimate of drug-likeness (QED) is 0.444.